The van der Waals surface area contributed by atoms with Crippen molar-refractivity contribution >= 4 is 11.9 Å². The van der Waals surface area contributed by atoms with Crippen molar-refractivity contribution in [3.63, 3.8) is 0 Å². The molecule has 0 aliphatic heterocycles. The van der Waals surface area contributed by atoms with Crippen molar-refractivity contribution in [2.75, 3.05) is 0 Å². The third kappa shape index (κ3) is 63.9. The summed E-state index contributed by atoms with van der Waals surface area (Å²) >= 11 is 0. The van der Waals surface area contributed by atoms with E-state index < -0.39 is 18.0 Å². The molecule has 0 amide bonds. The van der Waals surface area contributed by atoms with E-state index in [0.717, 1.165) is 25.7 Å². The Kier molecular flexibility index (Phi) is 51.1. The van der Waals surface area contributed by atoms with Crippen LogP contribution in [0.1, 0.15) is 209 Å². The van der Waals surface area contributed by atoms with Crippen LogP contribution in [-0.4, -0.2) is 18.0 Å². The second-order valence-electron chi connectivity index (χ2n) is 11.8. The zero-order chi connectivity index (χ0) is 30.5. The molecular formula is C35H71O5Ti. The predicted octanol–water partition coefficient (Wildman–Crippen LogP) is 8.43. The molecule has 0 unspecified atom stereocenters. The maximum Gasteiger partial charge on any atom is 3.00 e. The predicted molar refractivity (Wildman–Crippen MR) is 168 cm³/mol. The summed E-state index contributed by atoms with van der Waals surface area (Å²) in [6.45, 7) is 7.74. The van der Waals surface area contributed by atoms with Gasteiger partial charge in [0.15, 0.2) is 0 Å². The van der Waals surface area contributed by atoms with Crippen LogP contribution in [0.15, 0.2) is 0 Å². The number of hydrogen-bond acceptors (Lipinski definition) is 5. The molecule has 0 heterocycles. The van der Waals surface area contributed by atoms with E-state index in [4.69, 9.17) is 0 Å². The average Bonchev–Trinajstić information content (AvgIpc) is 2.89. The smallest absolute Gasteiger partial charge is 0.852 e. The molecule has 0 rings (SSSR count). The van der Waals surface area contributed by atoms with Gasteiger partial charge in [-0.25, -0.2) is 0 Å². The Labute approximate surface area is 272 Å². The van der Waals surface area contributed by atoms with Crippen LogP contribution in [-0.2, 0) is 31.3 Å². The molecule has 0 spiro atoms. The molecule has 1 radical (unpaired) electrons. The molecule has 0 saturated heterocycles. The second kappa shape index (κ2) is 44.1. The van der Waals surface area contributed by atoms with Gasteiger partial charge in [-0.3, -0.25) is 0 Å². The Morgan fingerprint density at radius 3 is 0.732 bits per heavy atom. The molecule has 0 aliphatic carbocycles. The largest absolute Gasteiger partial charge is 3.00 e. The van der Waals surface area contributed by atoms with Gasteiger partial charge in [-0.05, 0) is 25.7 Å². The Morgan fingerprint density at radius 1 is 0.439 bits per heavy atom. The first-order valence-corrected chi connectivity index (χ1v) is 17.3. The number of carbonyl (C=O) groups is 2. The molecule has 5 nitrogen and oxygen atoms in total. The molecule has 0 bridgehead atoms. The van der Waals surface area contributed by atoms with E-state index in [1.54, 1.807) is 13.8 Å². The minimum absolute atomic E-state index is 0. The van der Waals surface area contributed by atoms with Gasteiger partial charge in [-0.1, -0.05) is 182 Å². The summed E-state index contributed by atoms with van der Waals surface area (Å²) in [5.74, 6) is -1.81. The zero-order valence-electron chi connectivity index (χ0n) is 27.9. The molecule has 0 N–H and O–H groups in total. The fraction of sp³-hybridized carbons (Fsp3) is 0.943. The van der Waals surface area contributed by atoms with Gasteiger partial charge in [0.05, 0.1) is 0 Å². The monoisotopic (exact) mass is 619 g/mol. The molecule has 6 heteroatoms. The van der Waals surface area contributed by atoms with Crippen molar-refractivity contribution < 1.29 is 48.1 Å². The fourth-order valence-electron chi connectivity index (χ4n) is 4.57. The maximum atomic E-state index is 10.2. The van der Waals surface area contributed by atoms with Crippen molar-refractivity contribution in [1.29, 1.82) is 0 Å². The molecule has 0 aromatic carbocycles. The van der Waals surface area contributed by atoms with E-state index >= 15 is 0 Å². The molecule has 245 valence electrons. The van der Waals surface area contributed by atoms with E-state index in [1.165, 1.54) is 141 Å². The third-order valence-electron chi connectivity index (χ3n) is 6.97. The molecule has 0 saturated carbocycles. The average molecular weight is 620 g/mol. The van der Waals surface area contributed by atoms with Gasteiger partial charge in [0.1, 0.15) is 0 Å². The summed E-state index contributed by atoms with van der Waals surface area (Å²) in [4.78, 5) is 20.4. The number of carbonyl (C=O) groups excluding carboxylic acids is 2. The molecule has 0 atom stereocenters. The minimum atomic E-state index is -0.905. The van der Waals surface area contributed by atoms with Crippen LogP contribution in [0.3, 0.4) is 0 Å². The number of aliphatic carboxylic acids is 2. The van der Waals surface area contributed by atoms with Gasteiger partial charge >= 0.3 is 21.7 Å². The van der Waals surface area contributed by atoms with Crippen LogP contribution < -0.4 is 15.3 Å². The van der Waals surface area contributed by atoms with Crippen LogP contribution in [0.25, 0.3) is 0 Å². The number of carboxylic acid groups (broad SMARTS) is 2. The summed E-state index contributed by atoms with van der Waals surface area (Å²) < 4.78 is 0. The van der Waals surface area contributed by atoms with Crippen LogP contribution in [0.5, 0.6) is 0 Å². The summed E-state index contributed by atoms with van der Waals surface area (Å²) in [5.41, 5.74) is 0. The molecule has 0 fully saturated rings. The first-order valence-electron chi connectivity index (χ1n) is 17.3. The standard InChI is InChI=1S/2C16H32O2.C3H7O.Ti.H2/c2*1-2-3-4-5-6-7-8-9-10-11-12-13-14-15-16(17)18;1-3(2)4;;/h2*2-15H2,1H3,(H,17,18);3H,1-2H3;;1H/q;;-1;+3;/p-2. The molecular weight excluding hydrogens is 548 g/mol. The van der Waals surface area contributed by atoms with Gasteiger partial charge in [-0.15, -0.1) is 6.10 Å². The van der Waals surface area contributed by atoms with E-state index in [2.05, 4.69) is 13.8 Å². The molecule has 0 aromatic heterocycles. The SMILES string of the molecule is CC(C)[O-].CCCCCCCCCCCCCCCC(=O)[O-].CCCCCCCCCCCCCCCC(=O)[O-].[HH].[Ti+3]. The number of carboxylic acids is 2. The minimum Gasteiger partial charge on any atom is -0.852 e. The zero-order valence-corrected chi connectivity index (χ0v) is 29.5. The summed E-state index contributed by atoms with van der Waals surface area (Å²) in [6, 6.07) is 0. The van der Waals surface area contributed by atoms with E-state index in [1.807, 2.05) is 0 Å². The topological polar surface area (TPSA) is 103 Å². The Balaban J connectivity index is -0.000000184. The number of hydrogen-bond donors (Lipinski definition) is 0. The molecule has 0 aliphatic rings. The first-order chi connectivity index (χ1) is 19.3. The fourth-order valence-corrected chi connectivity index (χ4v) is 4.57. The number of rotatable bonds is 28. The molecule has 0 aromatic rings. The van der Waals surface area contributed by atoms with Crippen LogP contribution in [0, 0.1) is 0 Å². The summed E-state index contributed by atoms with van der Waals surface area (Å²) in [7, 11) is 0. The maximum absolute atomic E-state index is 10.2. The Bertz CT molecular complexity index is 449. The third-order valence-corrected chi connectivity index (χ3v) is 6.97. The summed E-state index contributed by atoms with van der Waals surface area (Å²) in [5, 5.41) is 29.9. The van der Waals surface area contributed by atoms with Gasteiger partial charge in [0.25, 0.3) is 0 Å². The van der Waals surface area contributed by atoms with Gasteiger partial charge in [0, 0.05) is 13.4 Å². The van der Waals surface area contributed by atoms with E-state index in [-0.39, 0.29) is 36.0 Å². The van der Waals surface area contributed by atoms with Crippen molar-refractivity contribution in [3.05, 3.63) is 0 Å². The van der Waals surface area contributed by atoms with Gasteiger partial charge in [-0.2, -0.15) is 0 Å². The van der Waals surface area contributed by atoms with Crippen LogP contribution in [0.2, 0.25) is 0 Å². The van der Waals surface area contributed by atoms with Crippen molar-refractivity contribution in [2.24, 2.45) is 0 Å². The quantitative estimate of drug-likeness (QED) is 0.0646. The van der Waals surface area contributed by atoms with Crippen LogP contribution in [0.4, 0.5) is 0 Å². The van der Waals surface area contributed by atoms with Gasteiger partial charge in [0.2, 0.25) is 0 Å². The second-order valence-corrected chi connectivity index (χ2v) is 11.8. The first kappa shape index (κ1) is 47.5. The Hall–Kier alpha value is -0.386. The Morgan fingerprint density at radius 2 is 0.585 bits per heavy atom. The van der Waals surface area contributed by atoms with Crippen molar-refractivity contribution in [3.8, 4) is 0 Å². The van der Waals surface area contributed by atoms with Crippen molar-refractivity contribution in [1.82, 2.24) is 0 Å². The van der Waals surface area contributed by atoms with E-state index in [0.29, 0.717) is 0 Å². The molecule has 41 heavy (non-hydrogen) atoms. The van der Waals surface area contributed by atoms with Gasteiger partial charge < -0.3 is 24.9 Å². The van der Waals surface area contributed by atoms with Crippen molar-refractivity contribution in [2.45, 2.75) is 214 Å². The van der Waals surface area contributed by atoms with Crippen LogP contribution >= 0.6 is 0 Å². The normalized spacial score (nSPS) is 10.3. The van der Waals surface area contributed by atoms with E-state index in [9.17, 15) is 24.9 Å². The number of unbranched alkanes of at least 4 members (excludes halogenated alkanes) is 24. The summed E-state index contributed by atoms with van der Waals surface area (Å²) in [6.07, 6.45) is 33.5.